The maximum atomic E-state index is 12.7. The van der Waals surface area contributed by atoms with Crippen molar-refractivity contribution in [3.8, 4) is 0 Å². The van der Waals surface area contributed by atoms with Crippen LogP contribution in [0, 0.1) is 0 Å². The van der Waals surface area contributed by atoms with E-state index in [4.69, 9.17) is 4.74 Å². The summed E-state index contributed by atoms with van der Waals surface area (Å²) in [6.07, 6.45) is -0.835. The van der Waals surface area contributed by atoms with E-state index in [1.165, 1.54) is 44.3 Å². The van der Waals surface area contributed by atoms with E-state index in [0.717, 1.165) is 7.11 Å². The van der Waals surface area contributed by atoms with Crippen LogP contribution < -0.4 is 31.9 Å². The molecule has 0 rings (SSSR count). The van der Waals surface area contributed by atoms with E-state index in [1.807, 2.05) is 0 Å². The predicted molar refractivity (Wildman–Crippen MR) is 150 cm³/mol. The van der Waals surface area contributed by atoms with E-state index in [2.05, 4.69) is 36.6 Å². The molecule has 0 aliphatic carbocycles. The number of hydrogen-bond donors (Lipinski definition) is 6. The van der Waals surface area contributed by atoms with Crippen molar-refractivity contribution in [2.24, 2.45) is 0 Å². The van der Waals surface area contributed by atoms with Gasteiger partial charge in [0.2, 0.25) is 29.5 Å². The number of esters is 1. The van der Waals surface area contributed by atoms with E-state index < -0.39 is 60.1 Å². The highest BCUT2D eigenvalue weighted by molar-refractivity contribution is 7.99. The number of hydrogen-bond acceptors (Lipinski definition) is 11. The molecular formula is C23H40N6O9S2. The molecule has 0 aromatic heterocycles. The van der Waals surface area contributed by atoms with Crippen LogP contribution in [0.5, 0.6) is 0 Å². The Bertz CT molecular complexity index is 914. The molecule has 0 aliphatic heterocycles. The van der Waals surface area contributed by atoms with E-state index in [9.17, 15) is 33.6 Å². The van der Waals surface area contributed by atoms with Crippen molar-refractivity contribution in [2.45, 2.75) is 65.3 Å². The minimum absolute atomic E-state index is 0.0701. The Morgan fingerprint density at radius 1 is 0.750 bits per heavy atom. The maximum absolute atomic E-state index is 12.7. The standard InChI is InChI=1S/C23H40N6O9S2/c1-13(19(33)28-17(21(35)37-7)10-40-12-26-15(3)31)27-18(32)8-24-20(34)16(9-39-11-25-14(2)30)29-22(36)38-23(4,5)6/h13,16-17H,8-12H2,1-7H3,(H,24,34)(H,25,30)(H,26,31)(H,27,32)(H,28,33)(H,29,36)/t13-,16-,17-/m0/s1. The SMILES string of the molecule is COC(=O)[C@H](CSCNC(C)=O)NC(=O)[C@H](C)NC(=O)CNC(=O)[C@H](CSCNC(C)=O)NC(=O)OC(C)(C)C. The summed E-state index contributed by atoms with van der Waals surface area (Å²) in [6.45, 7) is 8.54. The molecule has 0 bridgehead atoms. The Morgan fingerprint density at radius 3 is 1.75 bits per heavy atom. The third-order valence-electron chi connectivity index (χ3n) is 4.42. The van der Waals surface area contributed by atoms with Gasteiger partial charge in [0.1, 0.15) is 23.7 Å². The molecule has 0 saturated heterocycles. The fraction of sp³-hybridized carbons (Fsp3) is 0.696. The second kappa shape index (κ2) is 19.0. The predicted octanol–water partition coefficient (Wildman–Crippen LogP) is -1.19. The van der Waals surface area contributed by atoms with Crippen LogP contribution in [0.3, 0.4) is 0 Å². The van der Waals surface area contributed by atoms with Crippen molar-refractivity contribution in [3.05, 3.63) is 0 Å². The Morgan fingerprint density at radius 2 is 1.27 bits per heavy atom. The van der Waals surface area contributed by atoms with Gasteiger partial charge in [-0.1, -0.05) is 0 Å². The highest BCUT2D eigenvalue weighted by atomic mass is 32.2. The van der Waals surface area contributed by atoms with E-state index in [-0.39, 0.29) is 35.1 Å². The second-order valence-corrected chi connectivity index (χ2v) is 11.3. The highest BCUT2D eigenvalue weighted by Crippen LogP contribution is 2.08. The number of rotatable bonds is 16. The molecule has 0 saturated carbocycles. The molecule has 0 fully saturated rings. The highest BCUT2D eigenvalue weighted by Gasteiger charge is 2.27. The lowest BCUT2D eigenvalue weighted by atomic mass is 10.2. The van der Waals surface area contributed by atoms with E-state index in [1.54, 1.807) is 20.8 Å². The van der Waals surface area contributed by atoms with Crippen LogP contribution in [0.15, 0.2) is 0 Å². The van der Waals surface area contributed by atoms with Gasteiger partial charge >= 0.3 is 12.1 Å². The van der Waals surface area contributed by atoms with Gasteiger partial charge in [0, 0.05) is 25.4 Å². The van der Waals surface area contributed by atoms with Crippen LogP contribution in [0.1, 0.15) is 41.5 Å². The number of methoxy groups -OCH3 is 1. The van der Waals surface area contributed by atoms with Gasteiger partial charge in [0.15, 0.2) is 0 Å². The summed E-state index contributed by atoms with van der Waals surface area (Å²) in [5.41, 5.74) is -0.804. The van der Waals surface area contributed by atoms with Crippen LogP contribution in [0.4, 0.5) is 4.79 Å². The fourth-order valence-electron chi connectivity index (χ4n) is 2.55. The molecule has 0 aromatic rings. The van der Waals surface area contributed by atoms with Crippen molar-refractivity contribution in [1.29, 1.82) is 0 Å². The third kappa shape index (κ3) is 18.1. The number of thioether (sulfide) groups is 2. The van der Waals surface area contributed by atoms with Gasteiger partial charge in [0.25, 0.3) is 0 Å². The number of alkyl carbamates (subject to hydrolysis) is 1. The lowest BCUT2D eigenvalue weighted by Crippen LogP contribution is -2.54. The maximum Gasteiger partial charge on any atom is 0.408 e. The normalized spacial score (nSPS) is 13.0. The van der Waals surface area contributed by atoms with Crippen LogP contribution in [-0.4, -0.2) is 102 Å². The lowest BCUT2D eigenvalue weighted by molar-refractivity contribution is -0.144. The molecule has 0 radical (unpaired) electrons. The molecule has 6 N–H and O–H groups in total. The zero-order chi connectivity index (χ0) is 30.9. The summed E-state index contributed by atoms with van der Waals surface area (Å²) in [7, 11) is 1.16. The number of nitrogens with one attached hydrogen (secondary N) is 6. The number of carbonyl (C=O) groups is 7. The van der Waals surface area contributed by atoms with Gasteiger partial charge in [-0.25, -0.2) is 9.59 Å². The summed E-state index contributed by atoms with van der Waals surface area (Å²) >= 11 is 2.35. The first kappa shape index (κ1) is 36.8. The smallest absolute Gasteiger partial charge is 0.408 e. The quantitative estimate of drug-likeness (QED) is 0.0697. The average Bonchev–Trinajstić information content (AvgIpc) is 2.83. The zero-order valence-corrected chi connectivity index (χ0v) is 25.4. The van der Waals surface area contributed by atoms with Crippen molar-refractivity contribution in [2.75, 3.05) is 36.9 Å². The lowest BCUT2D eigenvalue weighted by Gasteiger charge is -2.23. The number of amides is 6. The Labute approximate surface area is 242 Å². The monoisotopic (exact) mass is 608 g/mol. The third-order valence-corrected chi connectivity index (χ3v) is 6.25. The topological polar surface area (TPSA) is 210 Å². The van der Waals surface area contributed by atoms with Crippen LogP contribution >= 0.6 is 23.5 Å². The molecular weight excluding hydrogens is 568 g/mol. The minimum atomic E-state index is -1.09. The Hall–Kier alpha value is -3.21. The van der Waals surface area contributed by atoms with Gasteiger partial charge in [-0.2, -0.15) is 0 Å². The molecule has 40 heavy (non-hydrogen) atoms. The van der Waals surface area contributed by atoms with Crippen LogP contribution in [0.25, 0.3) is 0 Å². The van der Waals surface area contributed by atoms with Gasteiger partial charge < -0.3 is 41.4 Å². The molecule has 0 spiro atoms. The van der Waals surface area contributed by atoms with E-state index in [0.29, 0.717) is 0 Å². The molecule has 0 unspecified atom stereocenters. The minimum Gasteiger partial charge on any atom is -0.467 e. The van der Waals surface area contributed by atoms with Crippen LogP contribution in [0.2, 0.25) is 0 Å². The average molecular weight is 609 g/mol. The number of carbonyl (C=O) groups excluding carboxylic acids is 7. The van der Waals surface area contributed by atoms with Gasteiger partial charge in [-0.05, 0) is 27.7 Å². The molecule has 0 aliphatic rings. The molecule has 3 atom stereocenters. The van der Waals surface area contributed by atoms with Crippen molar-refractivity contribution < 1.29 is 43.0 Å². The van der Waals surface area contributed by atoms with E-state index >= 15 is 0 Å². The number of ether oxygens (including phenoxy) is 2. The molecule has 0 aromatic carbocycles. The summed E-state index contributed by atoms with van der Waals surface area (Å²) in [5, 5.41) is 14.8. The Kier molecular flexibility index (Phi) is 17.4. The molecule has 228 valence electrons. The van der Waals surface area contributed by atoms with Crippen molar-refractivity contribution in [3.63, 3.8) is 0 Å². The molecule has 15 nitrogen and oxygen atoms in total. The van der Waals surface area contributed by atoms with Crippen molar-refractivity contribution in [1.82, 2.24) is 31.9 Å². The Balaban J connectivity index is 4.95. The second-order valence-electron chi connectivity index (χ2n) is 9.29. The van der Waals surface area contributed by atoms with Crippen LogP contribution in [-0.2, 0) is 38.2 Å². The molecule has 6 amide bonds. The zero-order valence-electron chi connectivity index (χ0n) is 23.8. The molecule has 17 heteroatoms. The summed E-state index contributed by atoms with van der Waals surface area (Å²) < 4.78 is 9.87. The first-order valence-electron chi connectivity index (χ1n) is 12.1. The summed E-state index contributed by atoms with van der Waals surface area (Å²) in [6, 6.07) is -3.18. The first-order chi connectivity index (χ1) is 18.5. The van der Waals surface area contributed by atoms with Gasteiger partial charge in [0.05, 0.1) is 25.4 Å². The van der Waals surface area contributed by atoms with Gasteiger partial charge in [-0.3, -0.25) is 24.0 Å². The summed E-state index contributed by atoms with van der Waals surface area (Å²) in [4.78, 5) is 83.8. The van der Waals surface area contributed by atoms with Gasteiger partial charge in [-0.15, -0.1) is 23.5 Å². The first-order valence-corrected chi connectivity index (χ1v) is 14.5. The molecule has 0 heterocycles. The largest absolute Gasteiger partial charge is 0.467 e. The summed E-state index contributed by atoms with van der Waals surface area (Å²) in [5.74, 6) is -2.66. The fourth-order valence-corrected chi connectivity index (χ4v) is 4.32. The van der Waals surface area contributed by atoms with Crippen molar-refractivity contribution >= 4 is 65.1 Å².